The summed E-state index contributed by atoms with van der Waals surface area (Å²) in [4.78, 5) is 16.5. The molecule has 19 heavy (non-hydrogen) atoms. The van der Waals surface area contributed by atoms with Gasteiger partial charge in [-0.25, -0.2) is 0 Å². The third-order valence-electron chi connectivity index (χ3n) is 4.93. The van der Waals surface area contributed by atoms with Crippen LogP contribution in [0.25, 0.3) is 0 Å². The van der Waals surface area contributed by atoms with Gasteiger partial charge in [0.2, 0.25) is 5.91 Å². The van der Waals surface area contributed by atoms with Crippen molar-refractivity contribution in [1.82, 2.24) is 9.80 Å². The Hall–Kier alpha value is -0.650. The molecular formula is C14H26N4O. The molecule has 3 rings (SSSR count). The highest BCUT2D eigenvalue weighted by Crippen LogP contribution is 2.38. The Labute approximate surface area is 115 Å². The van der Waals surface area contributed by atoms with Crippen LogP contribution < -0.4 is 11.5 Å². The van der Waals surface area contributed by atoms with Crippen LogP contribution in [0.5, 0.6) is 0 Å². The van der Waals surface area contributed by atoms with Crippen molar-refractivity contribution in [3.63, 3.8) is 0 Å². The first kappa shape index (κ1) is 13.3. The highest BCUT2D eigenvalue weighted by molar-refractivity contribution is 5.85. The van der Waals surface area contributed by atoms with Crippen LogP contribution in [-0.2, 0) is 4.79 Å². The number of carbonyl (C=O) groups is 1. The third kappa shape index (κ3) is 3.09. The van der Waals surface area contributed by atoms with Crippen LogP contribution in [0, 0.1) is 11.8 Å². The SMILES string of the molecule is NC(=O)C(N)(CN1CCN(CC2CC2)CC1)C1CC1. The van der Waals surface area contributed by atoms with Crippen molar-refractivity contribution in [3.8, 4) is 0 Å². The molecule has 0 spiro atoms. The summed E-state index contributed by atoms with van der Waals surface area (Å²) < 4.78 is 0. The molecule has 1 amide bonds. The smallest absolute Gasteiger partial charge is 0.239 e. The summed E-state index contributed by atoms with van der Waals surface area (Å²) in [6.07, 6.45) is 4.94. The van der Waals surface area contributed by atoms with Crippen molar-refractivity contribution in [1.29, 1.82) is 0 Å². The molecule has 1 aliphatic heterocycles. The molecular weight excluding hydrogens is 240 g/mol. The van der Waals surface area contributed by atoms with E-state index in [4.69, 9.17) is 11.5 Å². The zero-order valence-corrected chi connectivity index (χ0v) is 11.7. The molecule has 1 heterocycles. The molecule has 0 aromatic rings. The first-order valence-electron chi connectivity index (χ1n) is 7.61. The Bertz CT molecular complexity index is 345. The number of hydrogen-bond donors (Lipinski definition) is 2. The number of carbonyl (C=O) groups excluding carboxylic acids is 1. The van der Waals surface area contributed by atoms with E-state index in [1.165, 1.54) is 19.4 Å². The minimum absolute atomic E-state index is 0.314. The Morgan fingerprint density at radius 3 is 2.11 bits per heavy atom. The van der Waals surface area contributed by atoms with Gasteiger partial charge in [0.1, 0.15) is 5.54 Å². The van der Waals surface area contributed by atoms with Gasteiger partial charge in [-0.3, -0.25) is 9.69 Å². The van der Waals surface area contributed by atoms with E-state index in [-0.39, 0.29) is 5.91 Å². The molecule has 1 unspecified atom stereocenters. The summed E-state index contributed by atoms with van der Waals surface area (Å²) in [5, 5.41) is 0. The molecule has 2 saturated carbocycles. The Balaban J connectivity index is 1.49. The van der Waals surface area contributed by atoms with Crippen LogP contribution >= 0.6 is 0 Å². The summed E-state index contributed by atoms with van der Waals surface area (Å²) >= 11 is 0. The van der Waals surface area contributed by atoms with Gasteiger partial charge in [0.25, 0.3) is 0 Å². The normalized spacial score (nSPS) is 29.1. The largest absolute Gasteiger partial charge is 0.368 e. The maximum Gasteiger partial charge on any atom is 0.239 e. The standard InChI is InChI=1S/C14H26N4O/c15-13(19)14(16,12-3-4-12)10-18-7-5-17(6-8-18)9-11-1-2-11/h11-12H,1-10,16H2,(H2,15,19). The van der Waals surface area contributed by atoms with Crippen LogP contribution in [0.3, 0.4) is 0 Å². The van der Waals surface area contributed by atoms with E-state index in [2.05, 4.69) is 9.80 Å². The topological polar surface area (TPSA) is 75.6 Å². The quantitative estimate of drug-likeness (QED) is 0.686. The lowest BCUT2D eigenvalue weighted by atomic mass is 9.92. The molecule has 4 N–H and O–H groups in total. The highest BCUT2D eigenvalue weighted by atomic mass is 16.1. The minimum Gasteiger partial charge on any atom is -0.368 e. The summed E-state index contributed by atoms with van der Waals surface area (Å²) in [5.41, 5.74) is 11.0. The van der Waals surface area contributed by atoms with Crippen LogP contribution in [0.15, 0.2) is 0 Å². The Morgan fingerprint density at radius 2 is 1.63 bits per heavy atom. The molecule has 5 nitrogen and oxygen atoms in total. The van der Waals surface area contributed by atoms with Crippen molar-refractivity contribution in [2.75, 3.05) is 39.3 Å². The second-order valence-electron chi connectivity index (χ2n) is 6.70. The second-order valence-corrected chi connectivity index (χ2v) is 6.70. The fraction of sp³-hybridized carbons (Fsp3) is 0.929. The van der Waals surface area contributed by atoms with E-state index in [1.54, 1.807) is 0 Å². The predicted octanol–water partition coefficient (Wildman–Crippen LogP) is -0.393. The van der Waals surface area contributed by atoms with Gasteiger partial charge in [0, 0.05) is 39.3 Å². The summed E-state index contributed by atoms with van der Waals surface area (Å²) in [7, 11) is 0. The van der Waals surface area contributed by atoms with Gasteiger partial charge >= 0.3 is 0 Å². The maximum atomic E-state index is 11.7. The molecule has 1 saturated heterocycles. The zero-order valence-electron chi connectivity index (χ0n) is 11.7. The highest BCUT2D eigenvalue weighted by Gasteiger charge is 2.47. The van der Waals surface area contributed by atoms with Gasteiger partial charge in [-0.05, 0) is 37.5 Å². The fourth-order valence-electron chi connectivity index (χ4n) is 3.17. The van der Waals surface area contributed by atoms with Crippen LogP contribution in [0.1, 0.15) is 25.7 Å². The molecule has 3 fully saturated rings. The first-order chi connectivity index (χ1) is 9.08. The Morgan fingerprint density at radius 1 is 1.05 bits per heavy atom. The van der Waals surface area contributed by atoms with Crippen molar-refractivity contribution < 1.29 is 4.79 Å². The summed E-state index contributed by atoms with van der Waals surface area (Å²) in [6.45, 7) is 6.16. The number of primary amides is 1. The monoisotopic (exact) mass is 266 g/mol. The average molecular weight is 266 g/mol. The van der Waals surface area contributed by atoms with Crippen LogP contribution in [0.2, 0.25) is 0 Å². The van der Waals surface area contributed by atoms with Gasteiger partial charge in [-0.15, -0.1) is 0 Å². The third-order valence-corrected chi connectivity index (χ3v) is 4.93. The van der Waals surface area contributed by atoms with Gasteiger partial charge < -0.3 is 16.4 Å². The van der Waals surface area contributed by atoms with Crippen molar-refractivity contribution in [2.45, 2.75) is 31.2 Å². The Kier molecular flexibility index (Phi) is 3.53. The molecule has 0 radical (unpaired) electrons. The van der Waals surface area contributed by atoms with Crippen molar-refractivity contribution >= 4 is 5.91 Å². The molecule has 3 aliphatic rings. The first-order valence-corrected chi connectivity index (χ1v) is 7.61. The molecule has 2 aliphatic carbocycles. The number of nitrogens with zero attached hydrogens (tertiary/aromatic N) is 2. The second kappa shape index (κ2) is 5.04. The zero-order chi connectivity index (χ0) is 13.5. The van der Waals surface area contributed by atoms with E-state index in [9.17, 15) is 4.79 Å². The van der Waals surface area contributed by atoms with Crippen LogP contribution in [-0.4, -0.2) is 60.5 Å². The number of hydrogen-bond acceptors (Lipinski definition) is 4. The molecule has 0 bridgehead atoms. The van der Waals surface area contributed by atoms with Gasteiger partial charge in [-0.2, -0.15) is 0 Å². The average Bonchev–Trinajstić information content (AvgIpc) is 3.25. The molecule has 0 aromatic carbocycles. The molecule has 1 atom stereocenters. The number of amides is 1. The number of nitrogens with two attached hydrogens (primary N) is 2. The molecule has 108 valence electrons. The predicted molar refractivity (Wildman–Crippen MR) is 74.4 cm³/mol. The van der Waals surface area contributed by atoms with E-state index >= 15 is 0 Å². The molecule has 0 aromatic heterocycles. The van der Waals surface area contributed by atoms with Crippen molar-refractivity contribution in [3.05, 3.63) is 0 Å². The summed E-state index contributed by atoms with van der Waals surface area (Å²) in [5.74, 6) is 0.946. The van der Waals surface area contributed by atoms with Gasteiger partial charge in [0.05, 0.1) is 0 Å². The minimum atomic E-state index is -0.793. The van der Waals surface area contributed by atoms with E-state index in [0.29, 0.717) is 12.5 Å². The lowest BCUT2D eigenvalue weighted by Gasteiger charge is -2.39. The van der Waals surface area contributed by atoms with Gasteiger partial charge in [0.15, 0.2) is 0 Å². The van der Waals surface area contributed by atoms with E-state index in [0.717, 1.165) is 44.9 Å². The number of piperazine rings is 1. The number of rotatable bonds is 6. The lowest BCUT2D eigenvalue weighted by Crippen LogP contribution is -2.62. The van der Waals surface area contributed by atoms with Gasteiger partial charge in [-0.1, -0.05) is 0 Å². The van der Waals surface area contributed by atoms with Crippen molar-refractivity contribution in [2.24, 2.45) is 23.3 Å². The van der Waals surface area contributed by atoms with E-state index < -0.39 is 5.54 Å². The summed E-state index contributed by atoms with van der Waals surface area (Å²) in [6, 6.07) is 0. The van der Waals surface area contributed by atoms with E-state index in [1.807, 2.05) is 0 Å². The lowest BCUT2D eigenvalue weighted by molar-refractivity contribution is -0.124. The maximum absolute atomic E-state index is 11.7. The fourth-order valence-corrected chi connectivity index (χ4v) is 3.17. The van der Waals surface area contributed by atoms with Crippen LogP contribution in [0.4, 0.5) is 0 Å². The molecule has 5 heteroatoms.